The van der Waals surface area contributed by atoms with Crippen molar-refractivity contribution in [2.45, 2.75) is 148 Å². The van der Waals surface area contributed by atoms with Crippen molar-refractivity contribution in [3.05, 3.63) is 12.2 Å². The average Bonchev–Trinajstić information content (AvgIpc) is 2.95. The number of phosphoric ester groups is 1. The number of nitrogens with two attached hydrogens (primary N) is 1. The maximum Gasteiger partial charge on any atom is 0.472 e. The Bertz CT molecular complexity index is 704. The van der Waals surface area contributed by atoms with E-state index in [0.717, 1.165) is 57.8 Å². The smallest absolute Gasteiger partial charge is 0.462 e. The SMILES string of the molecule is CCCCC/C=C\CCCCCCCC(=O)OC(COC(=O)CCCCCCCCCC)COP(=O)(O)OCCN. The number of hydrogen-bond donors (Lipinski definition) is 2. The molecule has 0 saturated carbocycles. The largest absolute Gasteiger partial charge is 0.472 e. The van der Waals surface area contributed by atoms with E-state index >= 15 is 0 Å². The fourth-order valence-electron chi connectivity index (χ4n) is 4.21. The molecule has 0 rings (SSSR count). The van der Waals surface area contributed by atoms with Crippen LogP contribution in [0.1, 0.15) is 142 Å². The molecule has 0 amide bonds. The molecule has 2 unspecified atom stereocenters. The number of phosphoric acid groups is 1. The van der Waals surface area contributed by atoms with E-state index in [-0.39, 0.29) is 38.6 Å². The Balaban J connectivity index is 4.32. The summed E-state index contributed by atoms with van der Waals surface area (Å²) >= 11 is 0. The summed E-state index contributed by atoms with van der Waals surface area (Å²) in [5.74, 6) is -0.845. The molecule has 0 bridgehead atoms. The second kappa shape index (κ2) is 28.9. The Morgan fingerprint density at radius 1 is 0.707 bits per heavy atom. The zero-order valence-corrected chi connectivity index (χ0v) is 26.9. The summed E-state index contributed by atoms with van der Waals surface area (Å²) < 4.78 is 32.4. The summed E-state index contributed by atoms with van der Waals surface area (Å²) in [5, 5.41) is 0. The number of hydrogen-bond acceptors (Lipinski definition) is 8. The minimum absolute atomic E-state index is 0.0540. The minimum atomic E-state index is -4.36. The van der Waals surface area contributed by atoms with Crippen LogP contribution in [0, 0.1) is 0 Å². The van der Waals surface area contributed by atoms with Gasteiger partial charge in [0, 0.05) is 19.4 Å². The van der Waals surface area contributed by atoms with E-state index in [1.165, 1.54) is 51.4 Å². The second-order valence-corrected chi connectivity index (χ2v) is 12.1. The minimum Gasteiger partial charge on any atom is -0.462 e. The van der Waals surface area contributed by atoms with Gasteiger partial charge in [0.05, 0.1) is 13.2 Å². The molecule has 0 aliphatic carbocycles. The van der Waals surface area contributed by atoms with Gasteiger partial charge in [0.1, 0.15) is 6.61 Å². The molecule has 0 aromatic carbocycles. The van der Waals surface area contributed by atoms with Crippen molar-refractivity contribution in [2.75, 3.05) is 26.4 Å². The van der Waals surface area contributed by atoms with E-state index in [4.69, 9.17) is 24.3 Å². The first kappa shape index (κ1) is 39.8. The fraction of sp³-hybridized carbons (Fsp3) is 0.871. The Morgan fingerprint density at radius 3 is 1.78 bits per heavy atom. The van der Waals surface area contributed by atoms with Crippen LogP contribution in [0.4, 0.5) is 0 Å². The highest BCUT2D eigenvalue weighted by Crippen LogP contribution is 2.43. The van der Waals surface area contributed by atoms with Gasteiger partial charge < -0.3 is 20.1 Å². The molecule has 0 aromatic rings. The van der Waals surface area contributed by atoms with Gasteiger partial charge in [0.25, 0.3) is 0 Å². The standard InChI is InChI=1S/C31H60NO8P/c1-3-5-7-9-11-13-14-15-16-18-20-22-24-31(34)40-29(28-39-41(35,36)38-26-25-32)27-37-30(33)23-21-19-17-12-10-8-6-4-2/h11,13,29H,3-10,12,14-28,32H2,1-2H3,(H,35,36)/b13-11-. The van der Waals surface area contributed by atoms with Crippen molar-refractivity contribution in [2.24, 2.45) is 5.73 Å². The number of esters is 2. The summed E-state index contributed by atoms with van der Waals surface area (Å²) in [4.78, 5) is 34.4. The Morgan fingerprint density at radius 2 is 1.20 bits per heavy atom. The quantitative estimate of drug-likeness (QED) is 0.0362. The molecule has 9 nitrogen and oxygen atoms in total. The van der Waals surface area contributed by atoms with E-state index in [2.05, 4.69) is 26.0 Å². The van der Waals surface area contributed by atoms with Crippen LogP contribution in [0.2, 0.25) is 0 Å². The molecule has 3 N–H and O–H groups in total. The first-order valence-corrected chi connectivity index (χ1v) is 17.7. The Hall–Kier alpha value is -1.25. The molecule has 0 aliphatic heterocycles. The van der Waals surface area contributed by atoms with Crippen molar-refractivity contribution >= 4 is 19.8 Å². The fourth-order valence-corrected chi connectivity index (χ4v) is 4.98. The molecule has 0 aliphatic rings. The first-order chi connectivity index (χ1) is 19.8. The molecular weight excluding hydrogens is 545 g/mol. The van der Waals surface area contributed by atoms with Gasteiger partial charge >= 0.3 is 19.8 Å². The van der Waals surface area contributed by atoms with Gasteiger partial charge in [0.2, 0.25) is 0 Å². The van der Waals surface area contributed by atoms with Crippen molar-refractivity contribution in [3.63, 3.8) is 0 Å². The zero-order valence-electron chi connectivity index (χ0n) is 26.0. The van der Waals surface area contributed by atoms with Crippen molar-refractivity contribution in [3.8, 4) is 0 Å². The lowest BCUT2D eigenvalue weighted by Crippen LogP contribution is -2.29. The lowest BCUT2D eigenvalue weighted by Gasteiger charge is -2.19. The topological polar surface area (TPSA) is 134 Å². The Labute approximate surface area is 249 Å². The van der Waals surface area contributed by atoms with Crippen LogP contribution in [0.15, 0.2) is 12.2 Å². The molecule has 0 saturated heterocycles. The molecule has 0 fully saturated rings. The molecule has 0 heterocycles. The lowest BCUT2D eigenvalue weighted by atomic mass is 10.1. The summed E-state index contributed by atoms with van der Waals surface area (Å²) in [6.07, 6.45) is 24.0. The van der Waals surface area contributed by atoms with Gasteiger partial charge in [-0.2, -0.15) is 0 Å². The van der Waals surface area contributed by atoms with E-state index in [1.807, 2.05) is 0 Å². The van der Waals surface area contributed by atoms with Crippen LogP contribution in [0.25, 0.3) is 0 Å². The van der Waals surface area contributed by atoms with E-state index in [1.54, 1.807) is 0 Å². The highest BCUT2D eigenvalue weighted by Gasteiger charge is 2.25. The van der Waals surface area contributed by atoms with Crippen molar-refractivity contribution in [1.29, 1.82) is 0 Å². The maximum absolute atomic E-state index is 12.4. The number of carbonyl (C=O) groups is 2. The normalized spacial score (nSPS) is 13.8. The van der Waals surface area contributed by atoms with Crippen LogP contribution in [-0.4, -0.2) is 49.3 Å². The van der Waals surface area contributed by atoms with Gasteiger partial charge in [-0.05, 0) is 38.5 Å². The summed E-state index contributed by atoms with van der Waals surface area (Å²) in [7, 11) is -4.36. The third-order valence-corrected chi connectivity index (χ3v) is 7.64. The van der Waals surface area contributed by atoms with Crippen molar-refractivity contribution < 1.29 is 37.6 Å². The maximum atomic E-state index is 12.4. The molecule has 2 atom stereocenters. The predicted octanol–water partition coefficient (Wildman–Crippen LogP) is 7.93. The molecule has 0 radical (unpaired) electrons. The lowest BCUT2D eigenvalue weighted by molar-refractivity contribution is -0.161. The average molecular weight is 606 g/mol. The monoisotopic (exact) mass is 605 g/mol. The van der Waals surface area contributed by atoms with Gasteiger partial charge in [-0.15, -0.1) is 0 Å². The number of unbranched alkanes of at least 4 members (excludes halogenated alkanes) is 15. The van der Waals surface area contributed by atoms with Crippen molar-refractivity contribution in [1.82, 2.24) is 0 Å². The molecular formula is C31H60NO8P. The molecule has 242 valence electrons. The van der Waals surface area contributed by atoms with Gasteiger partial charge in [-0.1, -0.05) is 103 Å². The first-order valence-electron chi connectivity index (χ1n) is 16.2. The highest BCUT2D eigenvalue weighted by atomic mass is 31.2. The second-order valence-electron chi connectivity index (χ2n) is 10.7. The van der Waals surface area contributed by atoms with Crippen LogP contribution in [0.5, 0.6) is 0 Å². The molecule has 10 heteroatoms. The van der Waals surface area contributed by atoms with Crippen LogP contribution >= 0.6 is 7.82 Å². The highest BCUT2D eigenvalue weighted by molar-refractivity contribution is 7.47. The summed E-state index contributed by atoms with van der Waals surface area (Å²) in [6.45, 7) is 3.63. The number of rotatable bonds is 30. The van der Waals surface area contributed by atoms with Crippen LogP contribution in [-0.2, 0) is 32.7 Å². The predicted molar refractivity (Wildman–Crippen MR) is 164 cm³/mol. The third-order valence-electron chi connectivity index (χ3n) is 6.65. The van der Waals surface area contributed by atoms with E-state index in [9.17, 15) is 19.0 Å². The summed E-state index contributed by atoms with van der Waals surface area (Å²) in [5.41, 5.74) is 5.30. The summed E-state index contributed by atoms with van der Waals surface area (Å²) in [6, 6.07) is 0. The van der Waals surface area contributed by atoms with Gasteiger partial charge in [-0.3, -0.25) is 18.6 Å². The zero-order chi connectivity index (χ0) is 30.4. The number of carbonyl (C=O) groups excluding carboxylic acids is 2. The van der Waals surface area contributed by atoms with Gasteiger partial charge in [0.15, 0.2) is 6.10 Å². The Kier molecular flexibility index (Phi) is 28.0. The third kappa shape index (κ3) is 28.6. The van der Waals surface area contributed by atoms with E-state index < -0.39 is 26.5 Å². The van der Waals surface area contributed by atoms with Gasteiger partial charge in [-0.25, -0.2) is 4.57 Å². The molecule has 0 spiro atoms. The molecule has 0 aromatic heterocycles. The number of ether oxygens (including phenoxy) is 2. The number of allylic oxidation sites excluding steroid dienone is 2. The van der Waals surface area contributed by atoms with E-state index in [0.29, 0.717) is 6.42 Å². The van der Waals surface area contributed by atoms with Crippen LogP contribution in [0.3, 0.4) is 0 Å². The molecule has 41 heavy (non-hydrogen) atoms. The van der Waals surface area contributed by atoms with Crippen LogP contribution < -0.4 is 5.73 Å².